The Labute approximate surface area is 127 Å². The van der Waals surface area contributed by atoms with Crippen molar-refractivity contribution in [2.75, 3.05) is 25.1 Å². The number of aryl methyl sites for hydroxylation is 1. The van der Waals surface area contributed by atoms with Crippen LogP contribution in [-0.4, -0.2) is 44.3 Å². The maximum atomic E-state index is 11.8. The van der Waals surface area contributed by atoms with Gasteiger partial charge in [0.25, 0.3) is 0 Å². The van der Waals surface area contributed by atoms with Gasteiger partial charge in [-0.1, -0.05) is 29.8 Å². The summed E-state index contributed by atoms with van der Waals surface area (Å²) in [6.07, 6.45) is -0.112. The molecule has 1 rings (SSSR count). The maximum Gasteiger partial charge on any atom is 0.218 e. The van der Waals surface area contributed by atoms with Gasteiger partial charge < -0.3 is 5.73 Å². The van der Waals surface area contributed by atoms with Gasteiger partial charge in [0.1, 0.15) is 0 Å². The smallest absolute Gasteiger partial charge is 0.218 e. The topological polar surface area (TPSA) is 80.5 Å². The molecule has 118 valence electrons. The van der Waals surface area contributed by atoms with Crippen LogP contribution in [0, 0.1) is 6.92 Å². The van der Waals surface area contributed by atoms with Crippen LogP contribution in [0.5, 0.6) is 0 Å². The molecule has 0 aliphatic heterocycles. The molecule has 1 aromatic carbocycles. The Morgan fingerprint density at radius 1 is 1.24 bits per heavy atom. The van der Waals surface area contributed by atoms with Gasteiger partial charge >= 0.3 is 0 Å². The molecule has 0 aromatic heterocycles. The van der Waals surface area contributed by atoms with Gasteiger partial charge in [0.05, 0.1) is 11.5 Å². The zero-order valence-corrected chi connectivity index (χ0v) is 13.7. The van der Waals surface area contributed by atoms with Crippen LogP contribution < -0.4 is 5.73 Å². The van der Waals surface area contributed by atoms with E-state index in [-0.39, 0.29) is 24.0 Å². The molecule has 0 heterocycles. The molecule has 0 fully saturated rings. The molecular formula is C15H24N2O3S. The largest absolute Gasteiger partial charge is 0.370 e. The quantitative estimate of drug-likeness (QED) is 0.784. The molecule has 1 amide bonds. The van der Waals surface area contributed by atoms with Crippen LogP contribution in [0.15, 0.2) is 24.3 Å². The second kappa shape index (κ2) is 7.56. The molecule has 6 heteroatoms. The maximum absolute atomic E-state index is 11.8. The van der Waals surface area contributed by atoms with Gasteiger partial charge in [-0.2, -0.15) is 0 Å². The number of amides is 1. The van der Waals surface area contributed by atoms with E-state index in [9.17, 15) is 13.2 Å². The Hall–Kier alpha value is -1.40. The van der Waals surface area contributed by atoms with Crippen LogP contribution >= 0.6 is 0 Å². The zero-order chi connectivity index (χ0) is 16.0. The van der Waals surface area contributed by atoms with E-state index < -0.39 is 15.7 Å². The molecule has 1 aromatic rings. The number of hydrogen-bond donors (Lipinski definition) is 1. The summed E-state index contributed by atoms with van der Waals surface area (Å²) in [4.78, 5) is 12.6. The van der Waals surface area contributed by atoms with Gasteiger partial charge in [-0.25, -0.2) is 8.42 Å². The summed E-state index contributed by atoms with van der Waals surface area (Å²) < 4.78 is 23.6. The van der Waals surface area contributed by atoms with E-state index in [1.54, 1.807) is 0 Å². The number of nitrogens with two attached hydrogens (primary N) is 1. The normalized spacial score (nSPS) is 13.3. The predicted molar refractivity (Wildman–Crippen MR) is 84.7 cm³/mol. The lowest BCUT2D eigenvalue weighted by Crippen LogP contribution is -2.30. The lowest BCUT2D eigenvalue weighted by Gasteiger charge is -2.25. The summed E-state index contributed by atoms with van der Waals surface area (Å²) in [5.41, 5.74) is 7.33. The summed E-state index contributed by atoms with van der Waals surface area (Å²) >= 11 is 0. The highest BCUT2D eigenvalue weighted by Crippen LogP contribution is 2.18. The van der Waals surface area contributed by atoms with Gasteiger partial charge in [-0.3, -0.25) is 9.69 Å². The number of primary amides is 1. The SMILES string of the molecule is Cc1ccc(C(C)N(C)CCS(=O)(=O)CCC(N)=O)cc1. The van der Waals surface area contributed by atoms with Gasteiger partial charge in [-0.15, -0.1) is 0 Å². The Balaban J connectivity index is 2.54. The molecule has 0 saturated carbocycles. The third-order valence-electron chi connectivity index (χ3n) is 3.64. The van der Waals surface area contributed by atoms with Crippen molar-refractivity contribution in [1.29, 1.82) is 0 Å². The Morgan fingerprint density at radius 2 is 1.81 bits per heavy atom. The number of carbonyl (C=O) groups excluding carboxylic acids is 1. The van der Waals surface area contributed by atoms with E-state index in [4.69, 9.17) is 5.73 Å². The van der Waals surface area contributed by atoms with Crippen molar-refractivity contribution >= 4 is 15.7 Å². The fourth-order valence-electron chi connectivity index (χ4n) is 1.93. The first-order valence-electron chi connectivity index (χ1n) is 6.97. The average molecular weight is 312 g/mol. The van der Waals surface area contributed by atoms with E-state index in [1.807, 2.05) is 37.9 Å². The lowest BCUT2D eigenvalue weighted by atomic mass is 10.1. The minimum absolute atomic E-state index is 0.0347. The number of carbonyl (C=O) groups is 1. The van der Waals surface area contributed by atoms with Crippen molar-refractivity contribution in [2.24, 2.45) is 5.73 Å². The molecule has 1 atom stereocenters. The summed E-state index contributed by atoms with van der Waals surface area (Å²) in [5.74, 6) is -0.720. The summed E-state index contributed by atoms with van der Waals surface area (Å²) in [7, 11) is -1.34. The minimum atomic E-state index is -3.24. The highest BCUT2D eigenvalue weighted by atomic mass is 32.2. The first-order valence-corrected chi connectivity index (χ1v) is 8.79. The second-order valence-corrected chi connectivity index (χ2v) is 7.74. The molecule has 0 bridgehead atoms. The molecule has 0 aliphatic carbocycles. The molecule has 0 saturated heterocycles. The van der Waals surface area contributed by atoms with Crippen molar-refractivity contribution in [3.05, 3.63) is 35.4 Å². The van der Waals surface area contributed by atoms with E-state index in [0.717, 1.165) is 5.56 Å². The van der Waals surface area contributed by atoms with Crippen LogP contribution in [0.3, 0.4) is 0 Å². The van der Waals surface area contributed by atoms with E-state index in [1.165, 1.54) is 5.56 Å². The van der Waals surface area contributed by atoms with Gasteiger partial charge in [-0.05, 0) is 26.5 Å². The standard InChI is InChI=1S/C15H24N2O3S/c1-12-4-6-14(7-5-12)13(2)17(3)9-11-21(19,20)10-8-15(16)18/h4-7,13H,8-11H2,1-3H3,(H2,16,18). The first kappa shape index (κ1) is 17.7. The fourth-order valence-corrected chi connectivity index (χ4v) is 3.22. The van der Waals surface area contributed by atoms with Gasteiger partial charge in [0.15, 0.2) is 9.84 Å². The Morgan fingerprint density at radius 3 is 2.33 bits per heavy atom. The average Bonchev–Trinajstić information content (AvgIpc) is 2.43. The summed E-state index contributed by atoms with van der Waals surface area (Å²) in [5, 5.41) is 0. The predicted octanol–water partition coefficient (Wildman–Crippen LogP) is 1.28. The second-order valence-electron chi connectivity index (χ2n) is 5.44. The number of rotatable bonds is 8. The van der Waals surface area contributed by atoms with Gasteiger partial charge in [0, 0.05) is 19.0 Å². The van der Waals surface area contributed by atoms with E-state index in [2.05, 4.69) is 12.1 Å². The molecule has 0 aliphatic rings. The van der Waals surface area contributed by atoms with Crippen molar-refractivity contribution in [2.45, 2.75) is 26.3 Å². The van der Waals surface area contributed by atoms with Crippen molar-refractivity contribution in [3.8, 4) is 0 Å². The van der Waals surface area contributed by atoms with Crippen molar-refractivity contribution in [1.82, 2.24) is 4.90 Å². The van der Waals surface area contributed by atoms with Crippen LogP contribution in [0.25, 0.3) is 0 Å². The number of hydrogen-bond acceptors (Lipinski definition) is 4. The highest BCUT2D eigenvalue weighted by molar-refractivity contribution is 7.91. The van der Waals surface area contributed by atoms with Gasteiger partial charge in [0.2, 0.25) is 5.91 Å². The third-order valence-corrected chi connectivity index (χ3v) is 5.27. The molecule has 21 heavy (non-hydrogen) atoms. The van der Waals surface area contributed by atoms with Crippen LogP contribution in [0.2, 0.25) is 0 Å². The van der Waals surface area contributed by atoms with Crippen molar-refractivity contribution in [3.63, 3.8) is 0 Å². The molecule has 0 radical (unpaired) electrons. The van der Waals surface area contributed by atoms with E-state index >= 15 is 0 Å². The summed E-state index contributed by atoms with van der Waals surface area (Å²) in [6, 6.07) is 8.33. The molecule has 1 unspecified atom stereocenters. The number of sulfone groups is 1. The molecule has 2 N–H and O–H groups in total. The van der Waals surface area contributed by atoms with Crippen LogP contribution in [0.1, 0.15) is 30.5 Å². The number of nitrogens with zero attached hydrogens (tertiary/aromatic N) is 1. The zero-order valence-electron chi connectivity index (χ0n) is 12.9. The van der Waals surface area contributed by atoms with Crippen molar-refractivity contribution < 1.29 is 13.2 Å². The number of benzene rings is 1. The third kappa shape index (κ3) is 6.27. The van der Waals surface area contributed by atoms with E-state index in [0.29, 0.717) is 6.54 Å². The fraction of sp³-hybridized carbons (Fsp3) is 0.533. The Kier molecular flexibility index (Phi) is 6.36. The highest BCUT2D eigenvalue weighted by Gasteiger charge is 2.17. The molecular weight excluding hydrogens is 288 g/mol. The molecule has 5 nitrogen and oxygen atoms in total. The molecule has 0 spiro atoms. The van der Waals surface area contributed by atoms with Crippen LogP contribution in [0.4, 0.5) is 0 Å². The summed E-state index contributed by atoms with van der Waals surface area (Å²) in [6.45, 7) is 4.50. The lowest BCUT2D eigenvalue weighted by molar-refractivity contribution is -0.117. The Bertz CT molecular complexity index is 567. The van der Waals surface area contributed by atoms with Crippen LogP contribution in [-0.2, 0) is 14.6 Å². The minimum Gasteiger partial charge on any atom is -0.370 e. The first-order chi connectivity index (χ1) is 9.71. The monoisotopic (exact) mass is 312 g/mol.